The highest BCUT2D eigenvalue weighted by atomic mass is 15.1. The average Bonchev–Trinajstić information content (AvgIpc) is 1.83. The first-order valence-electron chi connectivity index (χ1n) is 4.88. The van der Waals surface area contributed by atoms with Crippen molar-refractivity contribution in [1.29, 1.82) is 0 Å². The van der Waals surface area contributed by atoms with E-state index in [-0.39, 0.29) is 0 Å². The van der Waals surface area contributed by atoms with Crippen LogP contribution in [0.2, 0.25) is 0 Å². The van der Waals surface area contributed by atoms with Crippen LogP contribution in [-0.4, -0.2) is 25.0 Å². The predicted molar refractivity (Wildman–Crippen MR) is 51.9 cm³/mol. The summed E-state index contributed by atoms with van der Waals surface area (Å²) in [7, 11) is 4.31. The summed E-state index contributed by atoms with van der Waals surface area (Å²) in [5.74, 6) is 0. The van der Waals surface area contributed by atoms with E-state index < -0.39 is 0 Å². The van der Waals surface area contributed by atoms with Gasteiger partial charge < -0.3 is 4.90 Å². The summed E-state index contributed by atoms with van der Waals surface area (Å²) in [6, 6.07) is 0.917. The maximum atomic E-state index is 2.31. The van der Waals surface area contributed by atoms with Crippen LogP contribution in [-0.2, 0) is 0 Å². The second-order valence-electron chi connectivity index (χ2n) is 3.55. The van der Waals surface area contributed by atoms with Crippen molar-refractivity contribution in [1.82, 2.24) is 4.90 Å². The van der Waals surface area contributed by atoms with Gasteiger partial charge in [-0.15, -0.1) is 0 Å². The Bertz CT molecular complexity index is 72.9. The van der Waals surface area contributed by atoms with Crippen LogP contribution in [0, 0.1) is 0 Å². The fourth-order valence-electron chi connectivity index (χ4n) is 0.903. The largest absolute Gasteiger partial charge is 0.306 e. The molecule has 1 aliphatic rings. The van der Waals surface area contributed by atoms with Gasteiger partial charge in [0, 0.05) is 6.04 Å². The van der Waals surface area contributed by atoms with Gasteiger partial charge in [-0.3, -0.25) is 0 Å². The van der Waals surface area contributed by atoms with Crippen molar-refractivity contribution >= 4 is 0 Å². The van der Waals surface area contributed by atoms with Crippen molar-refractivity contribution in [2.75, 3.05) is 14.1 Å². The second-order valence-corrected chi connectivity index (χ2v) is 3.55. The number of hydrogen-bond donors (Lipinski definition) is 0. The quantitative estimate of drug-likeness (QED) is 0.595. The molecule has 0 bridgehead atoms. The standard InChI is InChI=1S/C6H13N.C4H10/c1-7(2)6-4-3-5-6;1-3-4-2/h6H,3-5H2,1-2H3;3-4H2,1-2H3. The van der Waals surface area contributed by atoms with Gasteiger partial charge in [0.05, 0.1) is 0 Å². The summed E-state index contributed by atoms with van der Waals surface area (Å²) in [4.78, 5) is 2.31. The lowest BCUT2D eigenvalue weighted by Gasteiger charge is -2.31. The Morgan fingerprint density at radius 1 is 1.09 bits per heavy atom. The molecule has 0 spiro atoms. The van der Waals surface area contributed by atoms with Crippen molar-refractivity contribution < 1.29 is 0 Å². The van der Waals surface area contributed by atoms with E-state index in [1.165, 1.54) is 32.1 Å². The van der Waals surface area contributed by atoms with E-state index in [1.54, 1.807) is 0 Å². The minimum atomic E-state index is 0.917. The monoisotopic (exact) mass is 157 g/mol. The Morgan fingerprint density at radius 2 is 1.55 bits per heavy atom. The van der Waals surface area contributed by atoms with Gasteiger partial charge in [0.2, 0.25) is 0 Å². The highest BCUT2D eigenvalue weighted by Crippen LogP contribution is 2.21. The Hall–Kier alpha value is -0.0400. The summed E-state index contributed by atoms with van der Waals surface area (Å²) in [6.45, 7) is 4.36. The third-order valence-electron chi connectivity index (χ3n) is 2.30. The zero-order valence-electron chi connectivity index (χ0n) is 8.56. The third kappa shape index (κ3) is 5.25. The van der Waals surface area contributed by atoms with E-state index in [0.29, 0.717) is 0 Å². The Morgan fingerprint density at radius 3 is 1.55 bits per heavy atom. The lowest BCUT2D eigenvalue weighted by Crippen LogP contribution is -2.33. The van der Waals surface area contributed by atoms with Gasteiger partial charge in [0.15, 0.2) is 0 Å². The Labute approximate surface area is 71.8 Å². The molecule has 0 aromatic rings. The molecule has 1 heteroatoms. The Balaban J connectivity index is 0.000000218. The normalized spacial score (nSPS) is 17.2. The molecular formula is C10H23N. The molecule has 68 valence electrons. The minimum Gasteiger partial charge on any atom is -0.306 e. The zero-order valence-corrected chi connectivity index (χ0v) is 8.56. The van der Waals surface area contributed by atoms with E-state index in [9.17, 15) is 0 Å². The number of hydrogen-bond acceptors (Lipinski definition) is 1. The molecule has 1 fully saturated rings. The second kappa shape index (κ2) is 6.66. The first-order valence-corrected chi connectivity index (χ1v) is 4.88. The van der Waals surface area contributed by atoms with E-state index in [4.69, 9.17) is 0 Å². The summed E-state index contributed by atoms with van der Waals surface area (Å²) >= 11 is 0. The van der Waals surface area contributed by atoms with E-state index >= 15 is 0 Å². The smallest absolute Gasteiger partial charge is 0.00891 e. The fraction of sp³-hybridized carbons (Fsp3) is 1.00. The number of rotatable bonds is 2. The summed E-state index contributed by atoms with van der Waals surface area (Å²) in [5, 5.41) is 0. The van der Waals surface area contributed by atoms with Gasteiger partial charge in [0.25, 0.3) is 0 Å². The molecule has 1 rings (SSSR count). The molecule has 0 aromatic heterocycles. The maximum absolute atomic E-state index is 2.31. The van der Waals surface area contributed by atoms with E-state index in [0.717, 1.165) is 6.04 Å². The molecule has 0 atom stereocenters. The van der Waals surface area contributed by atoms with E-state index in [2.05, 4.69) is 32.8 Å². The first kappa shape index (κ1) is 11.0. The van der Waals surface area contributed by atoms with Crippen LogP contribution in [0.5, 0.6) is 0 Å². The first-order chi connectivity index (χ1) is 5.22. The highest BCUT2D eigenvalue weighted by Gasteiger charge is 2.18. The maximum Gasteiger partial charge on any atom is 0.00891 e. The van der Waals surface area contributed by atoms with Gasteiger partial charge in [-0.05, 0) is 26.9 Å². The molecule has 11 heavy (non-hydrogen) atoms. The van der Waals surface area contributed by atoms with Crippen LogP contribution in [0.4, 0.5) is 0 Å². The van der Waals surface area contributed by atoms with Crippen molar-refractivity contribution in [2.24, 2.45) is 0 Å². The van der Waals surface area contributed by atoms with Gasteiger partial charge in [-0.1, -0.05) is 33.1 Å². The molecule has 1 aliphatic carbocycles. The lowest BCUT2D eigenvalue weighted by molar-refractivity contribution is 0.193. The molecule has 0 aromatic carbocycles. The molecule has 1 nitrogen and oxygen atoms in total. The van der Waals surface area contributed by atoms with E-state index in [1.807, 2.05) is 0 Å². The molecule has 0 aliphatic heterocycles. The van der Waals surface area contributed by atoms with Gasteiger partial charge in [-0.25, -0.2) is 0 Å². The molecule has 0 saturated heterocycles. The van der Waals surface area contributed by atoms with Crippen LogP contribution in [0.1, 0.15) is 46.0 Å². The van der Waals surface area contributed by atoms with Crippen molar-refractivity contribution in [3.05, 3.63) is 0 Å². The molecule has 0 unspecified atom stereocenters. The molecule has 0 radical (unpaired) electrons. The molecule has 0 heterocycles. The van der Waals surface area contributed by atoms with Gasteiger partial charge in [-0.2, -0.15) is 0 Å². The summed E-state index contributed by atoms with van der Waals surface area (Å²) in [5.41, 5.74) is 0. The number of nitrogens with zero attached hydrogens (tertiary/aromatic N) is 1. The molecule has 1 saturated carbocycles. The van der Waals surface area contributed by atoms with Crippen LogP contribution in [0.15, 0.2) is 0 Å². The summed E-state index contributed by atoms with van der Waals surface area (Å²) in [6.07, 6.45) is 6.93. The average molecular weight is 157 g/mol. The highest BCUT2D eigenvalue weighted by molar-refractivity contribution is 4.75. The van der Waals surface area contributed by atoms with Crippen molar-refractivity contribution in [2.45, 2.75) is 52.0 Å². The third-order valence-corrected chi connectivity index (χ3v) is 2.30. The van der Waals surface area contributed by atoms with Crippen molar-refractivity contribution in [3.63, 3.8) is 0 Å². The molecule has 0 N–H and O–H groups in total. The lowest BCUT2D eigenvalue weighted by atomic mass is 9.92. The SMILES string of the molecule is CCCC.CN(C)C1CCC1. The zero-order chi connectivity index (χ0) is 8.69. The topological polar surface area (TPSA) is 3.24 Å². The number of unbranched alkanes of at least 4 members (excludes halogenated alkanes) is 1. The van der Waals surface area contributed by atoms with Gasteiger partial charge >= 0.3 is 0 Å². The van der Waals surface area contributed by atoms with Crippen molar-refractivity contribution in [3.8, 4) is 0 Å². The van der Waals surface area contributed by atoms with Crippen LogP contribution < -0.4 is 0 Å². The van der Waals surface area contributed by atoms with Crippen LogP contribution in [0.3, 0.4) is 0 Å². The van der Waals surface area contributed by atoms with Gasteiger partial charge in [0.1, 0.15) is 0 Å². The minimum absolute atomic E-state index is 0.917. The van der Waals surface area contributed by atoms with Crippen LogP contribution in [0.25, 0.3) is 0 Å². The summed E-state index contributed by atoms with van der Waals surface area (Å²) < 4.78 is 0. The molecular weight excluding hydrogens is 134 g/mol. The van der Waals surface area contributed by atoms with Crippen LogP contribution >= 0.6 is 0 Å². The fourth-order valence-corrected chi connectivity index (χ4v) is 0.903. The molecule has 0 amide bonds. The predicted octanol–water partition coefficient (Wildman–Crippen LogP) is 2.91. The Kier molecular flexibility index (Phi) is 6.63.